The molecule has 2 aromatic carbocycles. The number of nitrogens with zero attached hydrogens (tertiary/aromatic N) is 2. The molecule has 2 aromatic rings. The van der Waals surface area contributed by atoms with Crippen molar-refractivity contribution in [2.45, 2.75) is 43.7 Å². The van der Waals surface area contributed by atoms with Gasteiger partial charge in [0.25, 0.3) is 5.91 Å². The van der Waals surface area contributed by atoms with E-state index in [1.165, 1.54) is 9.80 Å². The van der Waals surface area contributed by atoms with Crippen LogP contribution < -0.4 is 5.32 Å². The highest BCUT2D eigenvalue weighted by Crippen LogP contribution is 2.37. The van der Waals surface area contributed by atoms with Crippen molar-refractivity contribution in [2.24, 2.45) is 0 Å². The maximum Gasteiger partial charge on any atom is 0.416 e. The Balaban J connectivity index is 0.00000481. The summed E-state index contributed by atoms with van der Waals surface area (Å²) in [4.78, 5) is 28.1. The van der Waals surface area contributed by atoms with Gasteiger partial charge in [0.05, 0.1) is 17.7 Å². The predicted molar refractivity (Wildman–Crippen MR) is 128 cm³/mol. The van der Waals surface area contributed by atoms with E-state index in [-0.39, 0.29) is 43.5 Å². The average Bonchev–Trinajstić information content (AvgIpc) is 2.81. The molecule has 204 valence electrons. The van der Waals surface area contributed by atoms with Crippen molar-refractivity contribution in [3.8, 4) is 0 Å². The third-order valence-corrected chi connectivity index (χ3v) is 6.17. The highest BCUT2D eigenvalue weighted by molar-refractivity contribution is 5.95. The van der Waals surface area contributed by atoms with Gasteiger partial charge in [-0.05, 0) is 43.0 Å². The number of rotatable bonds is 6. The van der Waals surface area contributed by atoms with Gasteiger partial charge in [-0.2, -0.15) is 26.3 Å². The van der Waals surface area contributed by atoms with Gasteiger partial charge < -0.3 is 15.1 Å². The molecule has 0 saturated carbocycles. The van der Waals surface area contributed by atoms with Crippen molar-refractivity contribution in [1.29, 1.82) is 0 Å². The zero-order valence-electron chi connectivity index (χ0n) is 20.2. The first kappa shape index (κ1) is 30.4. The van der Waals surface area contributed by atoms with Crippen LogP contribution in [-0.2, 0) is 23.6 Å². The predicted octanol–water partition coefficient (Wildman–Crippen LogP) is 5.04. The minimum atomic E-state index is -5.05. The van der Waals surface area contributed by atoms with Crippen LogP contribution in [0.1, 0.15) is 39.9 Å². The van der Waals surface area contributed by atoms with E-state index in [2.05, 4.69) is 5.32 Å². The molecule has 0 aliphatic carbocycles. The fourth-order valence-corrected chi connectivity index (χ4v) is 4.22. The quantitative estimate of drug-likeness (QED) is 0.512. The number of hydrogen-bond acceptors (Lipinski definition) is 3. The molecule has 0 radical (unpaired) electrons. The van der Waals surface area contributed by atoms with E-state index in [1.54, 1.807) is 26.2 Å². The lowest BCUT2D eigenvalue weighted by molar-refractivity contribution is -0.143. The van der Waals surface area contributed by atoms with E-state index in [0.717, 1.165) is 5.56 Å². The van der Waals surface area contributed by atoms with Crippen LogP contribution in [0.25, 0.3) is 0 Å². The van der Waals surface area contributed by atoms with Crippen molar-refractivity contribution in [3.05, 3.63) is 70.8 Å². The fourth-order valence-electron chi connectivity index (χ4n) is 4.22. The largest absolute Gasteiger partial charge is 0.416 e. The first-order chi connectivity index (χ1) is 16.8. The van der Waals surface area contributed by atoms with E-state index < -0.39 is 41.0 Å². The van der Waals surface area contributed by atoms with Crippen LogP contribution in [0.3, 0.4) is 0 Å². The Morgan fingerprint density at radius 3 is 2.05 bits per heavy atom. The summed E-state index contributed by atoms with van der Waals surface area (Å²) in [5.74, 6) is -1.04. The second-order valence-electron chi connectivity index (χ2n) is 9.03. The maximum absolute atomic E-state index is 13.3. The van der Waals surface area contributed by atoms with Crippen LogP contribution in [0.4, 0.5) is 26.3 Å². The molecule has 0 aromatic heterocycles. The van der Waals surface area contributed by atoms with Crippen molar-refractivity contribution in [1.82, 2.24) is 15.1 Å². The second-order valence-corrected chi connectivity index (χ2v) is 9.03. The van der Waals surface area contributed by atoms with Crippen molar-refractivity contribution in [2.75, 3.05) is 27.2 Å². The summed E-state index contributed by atoms with van der Waals surface area (Å²) in [6, 6.07) is 9.39. The van der Waals surface area contributed by atoms with Gasteiger partial charge in [-0.1, -0.05) is 30.3 Å². The van der Waals surface area contributed by atoms with Crippen LogP contribution in [0.15, 0.2) is 48.5 Å². The number of halogens is 7. The van der Waals surface area contributed by atoms with Crippen LogP contribution in [0.5, 0.6) is 0 Å². The number of alkyl halides is 6. The lowest BCUT2D eigenvalue weighted by Crippen LogP contribution is -2.53. The molecule has 3 rings (SSSR count). The topological polar surface area (TPSA) is 52.7 Å². The molecule has 0 bridgehead atoms. The SMILES string of the molecule is CN(C)C(=O)CNC1CCN(C(=O)c2cc(C(F)(F)F)cc(C(F)(F)F)c2)C(Cc2ccccc2)C1.Cl. The van der Waals surface area contributed by atoms with Gasteiger partial charge in [0, 0.05) is 38.3 Å². The Morgan fingerprint density at radius 1 is 0.973 bits per heavy atom. The van der Waals surface area contributed by atoms with Gasteiger partial charge in [-0.25, -0.2) is 0 Å². The van der Waals surface area contributed by atoms with Gasteiger partial charge in [-0.15, -0.1) is 12.4 Å². The van der Waals surface area contributed by atoms with Crippen LogP contribution in [-0.4, -0.2) is 60.9 Å². The number of carbonyl (C=O) groups excluding carboxylic acids is 2. The maximum atomic E-state index is 13.3. The number of benzene rings is 2. The van der Waals surface area contributed by atoms with E-state index in [0.29, 0.717) is 31.4 Å². The smallest absolute Gasteiger partial charge is 0.348 e. The lowest BCUT2D eigenvalue weighted by atomic mass is 9.91. The Morgan fingerprint density at radius 2 is 1.54 bits per heavy atom. The number of likely N-dealkylation sites (tertiary alicyclic amines) is 1. The Bertz CT molecular complexity index is 1040. The van der Waals surface area contributed by atoms with Crippen LogP contribution in [0, 0.1) is 0 Å². The number of carbonyl (C=O) groups is 2. The summed E-state index contributed by atoms with van der Waals surface area (Å²) >= 11 is 0. The van der Waals surface area contributed by atoms with Crippen molar-refractivity contribution >= 4 is 24.2 Å². The summed E-state index contributed by atoms with van der Waals surface area (Å²) in [5.41, 5.74) is -2.85. The van der Waals surface area contributed by atoms with E-state index in [4.69, 9.17) is 0 Å². The number of likely N-dealkylation sites (N-methyl/N-ethyl adjacent to an activating group) is 1. The number of amides is 2. The fraction of sp³-hybridized carbons (Fsp3) is 0.440. The van der Waals surface area contributed by atoms with Gasteiger partial charge >= 0.3 is 12.4 Å². The summed E-state index contributed by atoms with van der Waals surface area (Å²) in [5, 5.41) is 3.15. The molecule has 1 fully saturated rings. The molecule has 2 amide bonds. The molecule has 1 N–H and O–H groups in total. The minimum absolute atomic E-state index is 0. The lowest BCUT2D eigenvalue weighted by Gasteiger charge is -2.40. The molecule has 0 spiro atoms. The summed E-state index contributed by atoms with van der Waals surface area (Å²) in [7, 11) is 3.24. The first-order valence-electron chi connectivity index (χ1n) is 11.3. The summed E-state index contributed by atoms with van der Waals surface area (Å²) in [6.07, 6.45) is -8.96. The van der Waals surface area contributed by atoms with Gasteiger partial charge in [0.2, 0.25) is 5.91 Å². The molecule has 1 aliphatic heterocycles. The third kappa shape index (κ3) is 8.10. The second kappa shape index (κ2) is 12.2. The van der Waals surface area contributed by atoms with Crippen LogP contribution in [0.2, 0.25) is 0 Å². The molecular weight excluding hydrogens is 524 g/mol. The molecule has 5 nitrogen and oxygen atoms in total. The molecule has 1 aliphatic rings. The molecule has 1 saturated heterocycles. The molecule has 2 atom stereocenters. The van der Waals surface area contributed by atoms with E-state index >= 15 is 0 Å². The number of hydrogen-bond donors (Lipinski definition) is 1. The minimum Gasteiger partial charge on any atom is -0.348 e. The highest BCUT2D eigenvalue weighted by atomic mass is 35.5. The monoisotopic (exact) mass is 551 g/mol. The van der Waals surface area contributed by atoms with Gasteiger partial charge in [0.1, 0.15) is 0 Å². The molecule has 2 unspecified atom stereocenters. The molecule has 1 heterocycles. The average molecular weight is 552 g/mol. The van der Waals surface area contributed by atoms with Crippen molar-refractivity contribution < 1.29 is 35.9 Å². The highest BCUT2D eigenvalue weighted by Gasteiger charge is 2.39. The first-order valence-corrected chi connectivity index (χ1v) is 11.3. The Hall–Kier alpha value is -2.79. The standard InChI is InChI=1S/C25H27F6N3O2.ClH/c1-33(2)22(35)15-32-20-8-9-34(21(14-20)10-16-6-4-3-5-7-16)23(36)17-11-18(24(26,27)28)13-19(12-17)25(29,30)31;/h3-7,11-13,20-21,32H,8-10,14-15H2,1-2H3;1H. The summed E-state index contributed by atoms with van der Waals surface area (Å²) < 4.78 is 80.0. The molecular formula is C25H28ClF6N3O2. The Labute approximate surface area is 217 Å². The third-order valence-electron chi connectivity index (χ3n) is 6.17. The van der Waals surface area contributed by atoms with Crippen molar-refractivity contribution in [3.63, 3.8) is 0 Å². The molecule has 37 heavy (non-hydrogen) atoms. The number of piperidine rings is 1. The Kier molecular flexibility index (Phi) is 10.0. The molecule has 12 heteroatoms. The summed E-state index contributed by atoms with van der Waals surface area (Å²) in [6.45, 7) is 0.188. The van der Waals surface area contributed by atoms with E-state index in [1.807, 2.05) is 18.2 Å². The van der Waals surface area contributed by atoms with Gasteiger partial charge in [-0.3, -0.25) is 9.59 Å². The zero-order valence-corrected chi connectivity index (χ0v) is 21.0. The van der Waals surface area contributed by atoms with Crippen LogP contribution >= 0.6 is 12.4 Å². The van der Waals surface area contributed by atoms with Gasteiger partial charge in [0.15, 0.2) is 0 Å². The van der Waals surface area contributed by atoms with E-state index in [9.17, 15) is 35.9 Å². The normalized spacial score (nSPS) is 18.2. The number of nitrogens with one attached hydrogen (secondary N) is 1. The zero-order chi connectivity index (χ0) is 26.7.